The molecule has 5 nitrogen and oxygen atoms in total. The van der Waals surface area contributed by atoms with Crippen LogP contribution in [0.4, 0.5) is 5.69 Å². The Morgan fingerprint density at radius 3 is 2.56 bits per heavy atom. The molecule has 0 unspecified atom stereocenters. The molecule has 0 N–H and O–H groups in total. The predicted octanol–water partition coefficient (Wildman–Crippen LogP) is 3.54. The van der Waals surface area contributed by atoms with E-state index in [-0.39, 0.29) is 5.91 Å². The number of methoxy groups -OCH3 is 1. The Morgan fingerprint density at radius 2 is 1.93 bits per heavy atom. The van der Waals surface area contributed by atoms with Crippen LogP contribution in [0, 0.1) is 0 Å². The molecule has 1 aliphatic heterocycles. The fourth-order valence-electron chi connectivity index (χ4n) is 3.65. The van der Waals surface area contributed by atoms with Gasteiger partial charge in [-0.05, 0) is 62.1 Å². The van der Waals surface area contributed by atoms with Crippen LogP contribution in [0.2, 0.25) is 0 Å². The smallest absolute Gasteiger partial charge is 0.222 e. The van der Waals surface area contributed by atoms with E-state index in [4.69, 9.17) is 4.74 Å². The zero-order valence-corrected chi connectivity index (χ0v) is 16.3. The van der Waals surface area contributed by atoms with Crippen molar-refractivity contribution in [1.29, 1.82) is 0 Å². The number of rotatable bonds is 7. The van der Waals surface area contributed by atoms with Crippen molar-refractivity contribution in [2.75, 3.05) is 32.1 Å². The number of piperidine rings is 1. The number of nitrogens with zero attached hydrogens (tertiary/aromatic N) is 3. The second-order valence-corrected chi connectivity index (χ2v) is 7.10. The van der Waals surface area contributed by atoms with Gasteiger partial charge < -0.3 is 14.5 Å². The summed E-state index contributed by atoms with van der Waals surface area (Å²) in [6.07, 6.45) is 6.12. The molecule has 2 heterocycles. The molecule has 1 aromatic carbocycles. The minimum Gasteiger partial charge on any atom is -0.497 e. The van der Waals surface area contributed by atoms with Gasteiger partial charge in [0, 0.05) is 50.2 Å². The summed E-state index contributed by atoms with van der Waals surface area (Å²) in [6.45, 7) is 1.95. The van der Waals surface area contributed by atoms with Crippen LogP contribution in [0.1, 0.15) is 31.4 Å². The minimum absolute atomic E-state index is 0.244. The van der Waals surface area contributed by atoms with Gasteiger partial charge >= 0.3 is 0 Å². The quantitative estimate of drug-likeness (QED) is 0.751. The number of anilines is 1. The SMILES string of the molecule is COc1ccc(N2CCC(N(C)C(=O)CCCc3ccccn3)CC2)cc1. The van der Waals surface area contributed by atoms with E-state index in [1.807, 2.05) is 42.3 Å². The number of aryl methyl sites for hydroxylation is 1. The van der Waals surface area contributed by atoms with Crippen molar-refractivity contribution < 1.29 is 9.53 Å². The van der Waals surface area contributed by atoms with Gasteiger partial charge in [-0.25, -0.2) is 0 Å². The summed E-state index contributed by atoms with van der Waals surface area (Å²) in [5.74, 6) is 1.12. The maximum atomic E-state index is 12.5. The first-order valence-corrected chi connectivity index (χ1v) is 9.72. The van der Waals surface area contributed by atoms with E-state index < -0.39 is 0 Å². The van der Waals surface area contributed by atoms with Crippen LogP contribution >= 0.6 is 0 Å². The molecule has 0 aliphatic carbocycles. The number of benzene rings is 1. The summed E-state index contributed by atoms with van der Waals surface area (Å²) in [7, 11) is 3.64. The highest BCUT2D eigenvalue weighted by atomic mass is 16.5. The summed E-state index contributed by atoms with van der Waals surface area (Å²) >= 11 is 0. The van der Waals surface area contributed by atoms with Gasteiger partial charge in [0.2, 0.25) is 5.91 Å². The lowest BCUT2D eigenvalue weighted by Gasteiger charge is -2.38. The molecule has 27 heavy (non-hydrogen) atoms. The van der Waals surface area contributed by atoms with E-state index in [1.165, 1.54) is 5.69 Å². The molecule has 1 aliphatic rings. The third-order valence-electron chi connectivity index (χ3n) is 5.39. The van der Waals surface area contributed by atoms with Crippen LogP contribution in [-0.4, -0.2) is 49.1 Å². The van der Waals surface area contributed by atoms with Crippen LogP contribution in [0.25, 0.3) is 0 Å². The molecule has 0 atom stereocenters. The Labute approximate surface area is 162 Å². The molecule has 1 saturated heterocycles. The van der Waals surface area contributed by atoms with Crippen LogP contribution in [0.3, 0.4) is 0 Å². The molecule has 0 radical (unpaired) electrons. The fourth-order valence-corrected chi connectivity index (χ4v) is 3.65. The van der Waals surface area contributed by atoms with Crippen LogP contribution in [-0.2, 0) is 11.2 Å². The predicted molar refractivity (Wildman–Crippen MR) is 108 cm³/mol. The van der Waals surface area contributed by atoms with Gasteiger partial charge in [-0.1, -0.05) is 6.07 Å². The summed E-state index contributed by atoms with van der Waals surface area (Å²) in [5, 5.41) is 0. The lowest BCUT2D eigenvalue weighted by molar-refractivity contribution is -0.132. The first-order chi connectivity index (χ1) is 13.2. The number of hydrogen-bond donors (Lipinski definition) is 0. The second-order valence-electron chi connectivity index (χ2n) is 7.10. The Hall–Kier alpha value is -2.56. The number of ether oxygens (including phenoxy) is 1. The molecule has 2 aromatic rings. The van der Waals surface area contributed by atoms with Gasteiger partial charge in [-0.2, -0.15) is 0 Å². The Kier molecular flexibility index (Phi) is 6.69. The van der Waals surface area contributed by atoms with E-state index in [0.29, 0.717) is 12.5 Å². The van der Waals surface area contributed by atoms with E-state index in [2.05, 4.69) is 22.0 Å². The van der Waals surface area contributed by atoms with E-state index in [0.717, 1.165) is 50.2 Å². The number of carbonyl (C=O) groups is 1. The highest BCUT2D eigenvalue weighted by Crippen LogP contribution is 2.24. The van der Waals surface area contributed by atoms with Crippen molar-refractivity contribution >= 4 is 11.6 Å². The standard InChI is InChI=1S/C22H29N3O2/c1-24(22(26)8-5-7-18-6-3-4-15-23-18)19-13-16-25(17-14-19)20-9-11-21(27-2)12-10-20/h3-4,6,9-12,15,19H,5,7-8,13-14,16-17H2,1-2H3. The number of carbonyl (C=O) groups excluding carboxylic acids is 1. The maximum absolute atomic E-state index is 12.5. The average Bonchev–Trinajstić information content (AvgIpc) is 2.74. The lowest BCUT2D eigenvalue weighted by atomic mass is 10.0. The lowest BCUT2D eigenvalue weighted by Crippen LogP contribution is -2.45. The monoisotopic (exact) mass is 367 g/mol. The third-order valence-corrected chi connectivity index (χ3v) is 5.39. The summed E-state index contributed by atoms with van der Waals surface area (Å²) in [5.41, 5.74) is 2.28. The van der Waals surface area contributed by atoms with E-state index in [1.54, 1.807) is 13.3 Å². The van der Waals surface area contributed by atoms with Gasteiger partial charge in [0.15, 0.2) is 0 Å². The topological polar surface area (TPSA) is 45.7 Å². The zero-order valence-electron chi connectivity index (χ0n) is 16.3. The van der Waals surface area contributed by atoms with E-state index >= 15 is 0 Å². The number of hydrogen-bond acceptors (Lipinski definition) is 4. The molecular formula is C22H29N3O2. The van der Waals surface area contributed by atoms with E-state index in [9.17, 15) is 4.79 Å². The Balaban J connectivity index is 1.43. The molecule has 1 aromatic heterocycles. The fraction of sp³-hybridized carbons (Fsp3) is 0.455. The number of amides is 1. The van der Waals surface area contributed by atoms with Gasteiger partial charge in [-0.3, -0.25) is 9.78 Å². The highest BCUT2D eigenvalue weighted by molar-refractivity contribution is 5.76. The molecule has 0 spiro atoms. The Morgan fingerprint density at radius 1 is 1.19 bits per heavy atom. The normalized spacial score (nSPS) is 14.8. The second kappa shape index (κ2) is 9.40. The van der Waals surface area contributed by atoms with Gasteiger partial charge in [0.05, 0.1) is 7.11 Å². The van der Waals surface area contributed by atoms with Crippen molar-refractivity contribution in [2.24, 2.45) is 0 Å². The van der Waals surface area contributed by atoms with Crippen molar-refractivity contribution in [3.8, 4) is 5.75 Å². The molecular weight excluding hydrogens is 338 g/mol. The molecule has 0 saturated carbocycles. The van der Waals surface area contributed by atoms with Crippen molar-refractivity contribution in [2.45, 2.75) is 38.1 Å². The molecule has 144 valence electrons. The first kappa shape index (κ1) is 19.2. The zero-order chi connectivity index (χ0) is 19.1. The van der Waals surface area contributed by atoms with Crippen LogP contribution in [0.5, 0.6) is 5.75 Å². The van der Waals surface area contributed by atoms with Crippen molar-refractivity contribution in [3.05, 3.63) is 54.4 Å². The summed E-state index contributed by atoms with van der Waals surface area (Å²) in [4.78, 5) is 21.2. The van der Waals surface area contributed by atoms with Gasteiger partial charge in [-0.15, -0.1) is 0 Å². The molecule has 5 heteroatoms. The molecule has 1 amide bonds. The number of aromatic nitrogens is 1. The van der Waals surface area contributed by atoms with Gasteiger partial charge in [0.25, 0.3) is 0 Å². The molecule has 1 fully saturated rings. The average molecular weight is 367 g/mol. The summed E-state index contributed by atoms with van der Waals surface area (Å²) in [6, 6.07) is 14.5. The first-order valence-electron chi connectivity index (χ1n) is 9.72. The molecule has 0 bridgehead atoms. The molecule has 3 rings (SSSR count). The summed E-state index contributed by atoms with van der Waals surface area (Å²) < 4.78 is 5.23. The van der Waals surface area contributed by atoms with Crippen LogP contribution < -0.4 is 9.64 Å². The van der Waals surface area contributed by atoms with Crippen molar-refractivity contribution in [1.82, 2.24) is 9.88 Å². The maximum Gasteiger partial charge on any atom is 0.222 e. The highest BCUT2D eigenvalue weighted by Gasteiger charge is 2.25. The largest absolute Gasteiger partial charge is 0.497 e. The van der Waals surface area contributed by atoms with Gasteiger partial charge in [0.1, 0.15) is 5.75 Å². The minimum atomic E-state index is 0.244. The Bertz CT molecular complexity index is 710. The number of pyridine rings is 1. The van der Waals surface area contributed by atoms with Crippen LogP contribution in [0.15, 0.2) is 48.7 Å². The van der Waals surface area contributed by atoms with Crippen molar-refractivity contribution in [3.63, 3.8) is 0 Å². The third kappa shape index (κ3) is 5.22.